The normalized spacial score (nSPS) is 14.8. The van der Waals surface area contributed by atoms with E-state index in [4.69, 9.17) is 4.42 Å². The Kier molecular flexibility index (Phi) is 3.47. The first-order chi connectivity index (χ1) is 9.72. The van der Waals surface area contributed by atoms with Crippen LogP contribution >= 0.6 is 0 Å². The summed E-state index contributed by atoms with van der Waals surface area (Å²) in [7, 11) is 0. The second-order valence-electron chi connectivity index (χ2n) is 5.05. The third-order valence-electron chi connectivity index (χ3n) is 3.46. The molecule has 2 heterocycles. The minimum absolute atomic E-state index is 0.0438. The number of aryl methyl sites for hydroxylation is 1. The average molecular weight is 272 g/mol. The number of anilines is 1. The van der Waals surface area contributed by atoms with E-state index in [2.05, 4.69) is 20.8 Å². The van der Waals surface area contributed by atoms with Gasteiger partial charge in [0, 0.05) is 17.7 Å². The summed E-state index contributed by atoms with van der Waals surface area (Å²) in [5.41, 5.74) is 2.60. The Hall–Kier alpha value is -2.21. The first kappa shape index (κ1) is 12.8. The van der Waals surface area contributed by atoms with Gasteiger partial charge in [-0.3, -0.25) is 4.79 Å². The van der Waals surface area contributed by atoms with Crippen LogP contribution in [0.5, 0.6) is 0 Å². The molecule has 1 aliphatic rings. The van der Waals surface area contributed by atoms with Crippen molar-refractivity contribution in [3.05, 3.63) is 30.2 Å². The molecule has 1 amide bonds. The number of hydrogen-bond acceptors (Lipinski definition) is 5. The van der Waals surface area contributed by atoms with Gasteiger partial charge >= 0.3 is 0 Å². The summed E-state index contributed by atoms with van der Waals surface area (Å²) in [6, 6.07) is 5.69. The zero-order chi connectivity index (χ0) is 13.9. The molecule has 1 aromatic heterocycles. The van der Waals surface area contributed by atoms with Gasteiger partial charge in [-0.1, -0.05) is 6.07 Å². The quantitative estimate of drug-likeness (QED) is 0.883. The van der Waals surface area contributed by atoms with Crippen molar-refractivity contribution < 1.29 is 9.21 Å². The highest BCUT2D eigenvalue weighted by atomic mass is 16.4. The molecule has 0 unspecified atom stereocenters. The highest BCUT2D eigenvalue weighted by Gasteiger charge is 2.20. The zero-order valence-corrected chi connectivity index (χ0v) is 11.2. The van der Waals surface area contributed by atoms with E-state index in [-0.39, 0.29) is 5.91 Å². The fraction of sp³-hybridized carbons (Fsp3) is 0.357. The van der Waals surface area contributed by atoms with Gasteiger partial charge in [-0.2, -0.15) is 0 Å². The minimum atomic E-state index is 0.0438. The number of benzene rings is 1. The number of carbonyl (C=O) groups is 1. The largest absolute Gasteiger partial charge is 0.423 e. The molecule has 1 aromatic carbocycles. The van der Waals surface area contributed by atoms with E-state index in [1.165, 1.54) is 6.39 Å². The van der Waals surface area contributed by atoms with Crippen LogP contribution in [0.15, 0.2) is 29.0 Å². The zero-order valence-electron chi connectivity index (χ0n) is 11.2. The van der Waals surface area contributed by atoms with Crippen LogP contribution in [0, 0.1) is 12.8 Å². The van der Waals surface area contributed by atoms with Gasteiger partial charge in [0.15, 0.2) is 0 Å². The van der Waals surface area contributed by atoms with Crippen molar-refractivity contribution in [3.8, 4) is 11.5 Å². The second-order valence-corrected chi connectivity index (χ2v) is 5.05. The van der Waals surface area contributed by atoms with Crippen LogP contribution < -0.4 is 10.6 Å². The smallest absolute Gasteiger partial charge is 0.247 e. The van der Waals surface area contributed by atoms with Crippen LogP contribution in [0.2, 0.25) is 0 Å². The second kappa shape index (κ2) is 5.42. The molecule has 6 nitrogen and oxygen atoms in total. The molecular weight excluding hydrogens is 256 g/mol. The van der Waals surface area contributed by atoms with E-state index in [9.17, 15) is 4.79 Å². The first-order valence-corrected chi connectivity index (χ1v) is 6.60. The summed E-state index contributed by atoms with van der Waals surface area (Å²) < 4.78 is 5.17. The van der Waals surface area contributed by atoms with Crippen molar-refractivity contribution in [2.24, 2.45) is 5.92 Å². The van der Waals surface area contributed by atoms with Crippen molar-refractivity contribution in [3.63, 3.8) is 0 Å². The van der Waals surface area contributed by atoms with Gasteiger partial charge in [-0.05, 0) is 43.6 Å². The Morgan fingerprint density at radius 3 is 3.00 bits per heavy atom. The summed E-state index contributed by atoms with van der Waals surface area (Å²) in [6.07, 6.45) is 1.84. The molecule has 1 saturated heterocycles. The number of amides is 1. The van der Waals surface area contributed by atoms with E-state index < -0.39 is 0 Å². The molecule has 0 atom stereocenters. The summed E-state index contributed by atoms with van der Waals surface area (Å²) in [5, 5.41) is 13.6. The number of rotatable bonds is 4. The Morgan fingerprint density at radius 2 is 2.35 bits per heavy atom. The van der Waals surface area contributed by atoms with Gasteiger partial charge in [0.2, 0.25) is 18.2 Å². The first-order valence-electron chi connectivity index (χ1n) is 6.60. The van der Waals surface area contributed by atoms with Crippen molar-refractivity contribution in [1.29, 1.82) is 0 Å². The number of hydrogen-bond donors (Lipinski definition) is 2. The molecule has 2 N–H and O–H groups in total. The van der Waals surface area contributed by atoms with E-state index >= 15 is 0 Å². The van der Waals surface area contributed by atoms with Crippen LogP contribution in [-0.4, -0.2) is 29.2 Å². The van der Waals surface area contributed by atoms with Gasteiger partial charge in [-0.25, -0.2) is 0 Å². The molecule has 0 saturated carbocycles. The van der Waals surface area contributed by atoms with Gasteiger partial charge in [0.25, 0.3) is 0 Å². The lowest BCUT2D eigenvalue weighted by Crippen LogP contribution is -2.43. The minimum Gasteiger partial charge on any atom is -0.423 e. The summed E-state index contributed by atoms with van der Waals surface area (Å²) in [6.45, 7) is 3.81. The highest BCUT2D eigenvalue weighted by molar-refractivity contribution is 5.92. The van der Waals surface area contributed by atoms with E-state index in [0.29, 0.717) is 18.2 Å². The van der Waals surface area contributed by atoms with Crippen LogP contribution in [0.4, 0.5) is 5.69 Å². The lowest BCUT2D eigenvalue weighted by atomic mass is 9.99. The fourth-order valence-electron chi connectivity index (χ4n) is 2.14. The number of nitrogens with one attached hydrogen (secondary N) is 2. The molecule has 20 heavy (non-hydrogen) atoms. The van der Waals surface area contributed by atoms with E-state index in [1.54, 1.807) is 0 Å². The molecular formula is C14H16N4O2. The lowest BCUT2D eigenvalue weighted by molar-refractivity contribution is -0.117. The molecule has 104 valence electrons. The van der Waals surface area contributed by atoms with Crippen LogP contribution in [0.1, 0.15) is 12.0 Å². The SMILES string of the molecule is Cc1ccc(-c2nnco2)cc1NC(=O)CC1CNC1. The third-order valence-corrected chi connectivity index (χ3v) is 3.46. The Balaban J connectivity index is 1.74. The van der Waals surface area contributed by atoms with Crippen LogP contribution in [0.3, 0.4) is 0 Å². The monoisotopic (exact) mass is 272 g/mol. The Labute approximate surface area is 116 Å². The molecule has 1 fully saturated rings. The molecule has 0 aliphatic carbocycles. The number of carbonyl (C=O) groups excluding carboxylic acids is 1. The predicted molar refractivity (Wildman–Crippen MR) is 74.1 cm³/mol. The maximum Gasteiger partial charge on any atom is 0.247 e. The molecule has 0 spiro atoms. The fourth-order valence-corrected chi connectivity index (χ4v) is 2.14. The van der Waals surface area contributed by atoms with E-state index in [0.717, 1.165) is 29.9 Å². The number of nitrogens with zero attached hydrogens (tertiary/aromatic N) is 2. The molecule has 6 heteroatoms. The molecule has 1 aliphatic heterocycles. The Morgan fingerprint density at radius 1 is 1.50 bits per heavy atom. The van der Waals surface area contributed by atoms with Crippen LogP contribution in [0.25, 0.3) is 11.5 Å². The maximum absolute atomic E-state index is 12.0. The van der Waals surface area contributed by atoms with Gasteiger partial charge in [0.1, 0.15) is 0 Å². The maximum atomic E-state index is 12.0. The van der Waals surface area contributed by atoms with Gasteiger partial charge < -0.3 is 15.1 Å². The van der Waals surface area contributed by atoms with E-state index in [1.807, 2.05) is 25.1 Å². The Bertz CT molecular complexity index is 606. The van der Waals surface area contributed by atoms with Crippen LogP contribution in [-0.2, 0) is 4.79 Å². The molecule has 2 aromatic rings. The number of aromatic nitrogens is 2. The highest BCUT2D eigenvalue weighted by Crippen LogP contribution is 2.24. The topological polar surface area (TPSA) is 80.1 Å². The molecule has 0 bridgehead atoms. The van der Waals surface area contributed by atoms with Crippen molar-refractivity contribution in [2.75, 3.05) is 18.4 Å². The lowest BCUT2D eigenvalue weighted by Gasteiger charge is -2.26. The predicted octanol–water partition coefficient (Wildman–Crippen LogP) is 1.59. The molecule has 0 radical (unpaired) electrons. The van der Waals surface area contributed by atoms with Crippen molar-refractivity contribution in [2.45, 2.75) is 13.3 Å². The summed E-state index contributed by atoms with van der Waals surface area (Å²) in [4.78, 5) is 12.0. The third kappa shape index (κ3) is 2.70. The average Bonchev–Trinajstić information content (AvgIpc) is 2.90. The van der Waals surface area contributed by atoms with Gasteiger partial charge in [0.05, 0.1) is 0 Å². The van der Waals surface area contributed by atoms with Gasteiger partial charge in [-0.15, -0.1) is 10.2 Å². The van der Waals surface area contributed by atoms with Crippen molar-refractivity contribution in [1.82, 2.24) is 15.5 Å². The molecule has 3 rings (SSSR count). The van der Waals surface area contributed by atoms with Crippen molar-refractivity contribution >= 4 is 11.6 Å². The summed E-state index contributed by atoms with van der Waals surface area (Å²) >= 11 is 0. The summed E-state index contributed by atoms with van der Waals surface area (Å²) in [5.74, 6) is 0.945. The standard InChI is InChI=1S/C14H16N4O2/c1-9-2-3-11(14-18-16-8-20-14)5-12(9)17-13(19)4-10-6-15-7-10/h2-3,5,8,10,15H,4,6-7H2,1H3,(H,17,19).